The van der Waals surface area contributed by atoms with Gasteiger partial charge in [-0.15, -0.1) is 0 Å². The van der Waals surface area contributed by atoms with E-state index in [1.54, 1.807) is 0 Å². The molecule has 0 spiro atoms. The summed E-state index contributed by atoms with van der Waals surface area (Å²) in [5, 5.41) is 0. The van der Waals surface area contributed by atoms with Gasteiger partial charge in [-0.25, -0.2) is 9.18 Å². The van der Waals surface area contributed by atoms with Crippen LogP contribution in [0.2, 0.25) is 0 Å². The highest BCUT2D eigenvalue weighted by Crippen LogP contribution is 2.21. The van der Waals surface area contributed by atoms with E-state index in [1.165, 1.54) is 11.0 Å². The van der Waals surface area contributed by atoms with Crippen LogP contribution in [0.4, 0.5) is 9.18 Å². The molecule has 0 heterocycles. The highest BCUT2D eigenvalue weighted by molar-refractivity contribution is 5.82. The fraction of sp³-hybridized carbons (Fsp3) is 0.429. The first-order chi connectivity index (χ1) is 8.79. The van der Waals surface area contributed by atoms with Crippen LogP contribution in [0.1, 0.15) is 38.1 Å². The molecule has 104 valence electrons. The molecule has 0 N–H and O–H groups in total. The van der Waals surface area contributed by atoms with E-state index in [0.717, 1.165) is 12.1 Å². The van der Waals surface area contributed by atoms with E-state index < -0.39 is 17.4 Å². The van der Waals surface area contributed by atoms with Crippen molar-refractivity contribution in [1.29, 1.82) is 0 Å². The number of hydrogen-bond acceptors (Lipinski definition) is 3. The number of nitrogens with zero attached hydrogens (tertiary/aromatic N) is 1. The van der Waals surface area contributed by atoms with Crippen LogP contribution in [0.15, 0.2) is 18.2 Å². The van der Waals surface area contributed by atoms with Crippen LogP contribution >= 0.6 is 0 Å². The fourth-order valence-corrected chi connectivity index (χ4v) is 1.72. The molecule has 0 unspecified atom stereocenters. The van der Waals surface area contributed by atoms with Gasteiger partial charge in [-0.05, 0) is 39.8 Å². The smallest absolute Gasteiger partial charge is 0.409 e. The molecule has 1 amide bonds. The fourth-order valence-electron chi connectivity index (χ4n) is 1.72. The third-order valence-corrected chi connectivity index (χ3v) is 2.65. The Hall–Kier alpha value is -1.91. The predicted octanol–water partition coefficient (Wildman–Crippen LogP) is 3.26. The summed E-state index contributed by atoms with van der Waals surface area (Å²) in [6.45, 7) is 7.87. The summed E-state index contributed by atoms with van der Waals surface area (Å²) in [6.07, 6.45) is -0.0844. The van der Waals surface area contributed by atoms with Gasteiger partial charge in [-0.1, -0.05) is 0 Å². The van der Waals surface area contributed by atoms with Crippen LogP contribution < -0.4 is 4.74 Å². The lowest BCUT2D eigenvalue weighted by atomic mass is 10.1. The molecule has 1 aromatic carbocycles. The van der Waals surface area contributed by atoms with Crippen LogP contribution in [0.25, 0.3) is 0 Å². The number of benzene rings is 1. The van der Waals surface area contributed by atoms with Crippen molar-refractivity contribution in [1.82, 2.24) is 4.90 Å². The van der Waals surface area contributed by atoms with E-state index in [-0.39, 0.29) is 11.3 Å². The Kier molecular flexibility index (Phi) is 4.64. The van der Waals surface area contributed by atoms with Crippen LogP contribution in [0, 0.1) is 5.82 Å². The highest BCUT2D eigenvalue weighted by atomic mass is 19.1. The molecule has 0 saturated heterocycles. The zero-order valence-electron chi connectivity index (χ0n) is 11.6. The van der Waals surface area contributed by atoms with Gasteiger partial charge < -0.3 is 9.64 Å². The summed E-state index contributed by atoms with van der Waals surface area (Å²) < 4.78 is 18.2. The Morgan fingerprint density at radius 1 is 1.42 bits per heavy atom. The molecule has 0 atom stereocenters. The van der Waals surface area contributed by atoms with Gasteiger partial charge >= 0.3 is 6.09 Å². The minimum absolute atomic E-state index is 0.0669. The molecule has 0 fully saturated rings. The number of carbonyl (C=O) groups is 2. The van der Waals surface area contributed by atoms with Crippen LogP contribution in [0.5, 0.6) is 5.75 Å². The lowest BCUT2D eigenvalue weighted by molar-refractivity contribution is 0.108. The number of carbonyl (C=O) groups excluding carboxylic acids is 2. The second kappa shape index (κ2) is 5.82. The van der Waals surface area contributed by atoms with Crippen molar-refractivity contribution in [2.75, 3.05) is 6.54 Å². The number of halogens is 1. The van der Waals surface area contributed by atoms with Crippen molar-refractivity contribution in [2.24, 2.45) is 0 Å². The van der Waals surface area contributed by atoms with Crippen LogP contribution in [-0.4, -0.2) is 29.4 Å². The quantitative estimate of drug-likeness (QED) is 0.790. The maximum absolute atomic E-state index is 13.1. The zero-order chi connectivity index (χ0) is 14.6. The van der Waals surface area contributed by atoms with E-state index >= 15 is 0 Å². The Balaban J connectivity index is 2.99. The molecule has 0 bridgehead atoms. The molecule has 5 heteroatoms. The van der Waals surface area contributed by atoms with Gasteiger partial charge in [-0.3, -0.25) is 4.79 Å². The second-order valence-electron chi connectivity index (χ2n) is 5.08. The van der Waals surface area contributed by atoms with Crippen LogP contribution in [0.3, 0.4) is 0 Å². The molecule has 0 aliphatic carbocycles. The summed E-state index contributed by atoms with van der Waals surface area (Å²) in [7, 11) is 0. The van der Waals surface area contributed by atoms with Crippen molar-refractivity contribution >= 4 is 12.4 Å². The van der Waals surface area contributed by atoms with E-state index in [9.17, 15) is 14.0 Å². The molecular formula is C14H18FNO3. The maximum atomic E-state index is 13.1. The van der Waals surface area contributed by atoms with Crippen molar-refractivity contribution in [3.8, 4) is 5.75 Å². The maximum Gasteiger partial charge on any atom is 0.415 e. The van der Waals surface area contributed by atoms with Crippen LogP contribution in [-0.2, 0) is 0 Å². The Morgan fingerprint density at radius 3 is 2.53 bits per heavy atom. The average Bonchev–Trinajstić information content (AvgIpc) is 2.28. The molecule has 4 nitrogen and oxygen atoms in total. The van der Waals surface area contributed by atoms with Gasteiger partial charge in [0.2, 0.25) is 0 Å². The largest absolute Gasteiger partial charge is 0.415 e. The van der Waals surface area contributed by atoms with Crippen molar-refractivity contribution in [2.45, 2.75) is 33.2 Å². The predicted molar refractivity (Wildman–Crippen MR) is 69.9 cm³/mol. The molecular weight excluding hydrogens is 249 g/mol. The van der Waals surface area contributed by atoms with Gasteiger partial charge in [0.25, 0.3) is 0 Å². The van der Waals surface area contributed by atoms with E-state index in [1.807, 2.05) is 27.7 Å². The number of rotatable bonds is 3. The third-order valence-electron chi connectivity index (χ3n) is 2.65. The highest BCUT2D eigenvalue weighted by Gasteiger charge is 2.27. The minimum atomic E-state index is -0.608. The zero-order valence-corrected chi connectivity index (χ0v) is 11.6. The van der Waals surface area contributed by atoms with Gasteiger partial charge in [0, 0.05) is 18.2 Å². The molecule has 0 aliphatic rings. The first-order valence-electron chi connectivity index (χ1n) is 6.03. The molecule has 0 aliphatic heterocycles. The average molecular weight is 267 g/mol. The number of hydrogen-bond donors (Lipinski definition) is 0. The molecule has 19 heavy (non-hydrogen) atoms. The SMILES string of the molecule is CCN(C(=O)Oc1cc(F)ccc1C=O)C(C)(C)C. The molecule has 0 saturated carbocycles. The van der Waals surface area contributed by atoms with E-state index in [2.05, 4.69) is 0 Å². The third kappa shape index (κ3) is 3.77. The van der Waals surface area contributed by atoms with Crippen molar-refractivity contribution < 1.29 is 18.7 Å². The molecule has 0 radical (unpaired) electrons. The first kappa shape index (κ1) is 15.1. The van der Waals surface area contributed by atoms with E-state index in [0.29, 0.717) is 12.8 Å². The number of aldehydes is 1. The number of amides is 1. The molecule has 0 aromatic heterocycles. The molecule has 1 rings (SSSR count). The minimum Gasteiger partial charge on any atom is -0.409 e. The lowest BCUT2D eigenvalue weighted by Crippen LogP contribution is -2.46. The summed E-state index contributed by atoms with van der Waals surface area (Å²) in [5.74, 6) is -0.630. The summed E-state index contributed by atoms with van der Waals surface area (Å²) in [4.78, 5) is 24.4. The van der Waals surface area contributed by atoms with Gasteiger partial charge in [0.1, 0.15) is 11.6 Å². The normalized spacial score (nSPS) is 11.0. The first-order valence-corrected chi connectivity index (χ1v) is 6.03. The molecule has 1 aromatic rings. The Labute approximate surface area is 112 Å². The van der Waals surface area contributed by atoms with Gasteiger partial charge in [-0.2, -0.15) is 0 Å². The Morgan fingerprint density at radius 2 is 2.05 bits per heavy atom. The monoisotopic (exact) mass is 267 g/mol. The number of ether oxygens (including phenoxy) is 1. The second-order valence-corrected chi connectivity index (χ2v) is 5.08. The Bertz CT molecular complexity index is 480. The standard InChI is InChI=1S/C14H18FNO3/c1-5-16(14(2,3)4)13(18)19-12-8-11(15)7-6-10(12)9-17/h6-9H,5H2,1-4H3. The summed E-state index contributed by atoms with van der Waals surface area (Å²) in [5.41, 5.74) is -0.278. The van der Waals surface area contributed by atoms with Gasteiger partial charge in [0.05, 0.1) is 5.56 Å². The van der Waals surface area contributed by atoms with Crippen molar-refractivity contribution in [3.63, 3.8) is 0 Å². The van der Waals surface area contributed by atoms with Crippen molar-refractivity contribution in [3.05, 3.63) is 29.6 Å². The van der Waals surface area contributed by atoms with Gasteiger partial charge in [0.15, 0.2) is 6.29 Å². The summed E-state index contributed by atoms with van der Waals surface area (Å²) >= 11 is 0. The summed E-state index contributed by atoms with van der Waals surface area (Å²) in [6, 6.07) is 3.44. The topological polar surface area (TPSA) is 46.6 Å². The lowest BCUT2D eigenvalue weighted by Gasteiger charge is -2.33. The van der Waals surface area contributed by atoms with E-state index in [4.69, 9.17) is 4.74 Å².